The van der Waals surface area contributed by atoms with Crippen LogP contribution < -0.4 is 0 Å². The molecule has 0 aliphatic heterocycles. The number of para-hydroxylation sites is 2. The molecule has 118 valence electrons. The fourth-order valence-electron chi connectivity index (χ4n) is 1.24. The molecule has 0 heterocycles. The van der Waals surface area contributed by atoms with Crippen molar-refractivity contribution in [3.8, 4) is 11.5 Å². The van der Waals surface area contributed by atoms with E-state index in [-0.39, 0.29) is 27.0 Å². The topological polar surface area (TPSA) is 40.5 Å². The molecule has 0 radical (unpaired) electrons. The summed E-state index contributed by atoms with van der Waals surface area (Å²) in [6.45, 7) is 0. The summed E-state index contributed by atoms with van der Waals surface area (Å²) in [4.78, 5) is 0. The van der Waals surface area contributed by atoms with Gasteiger partial charge in [0.15, 0.2) is 0 Å². The first kappa shape index (κ1) is 22.5. The molecule has 1 atom stereocenters. The minimum atomic E-state index is 0. The first-order valence-corrected chi connectivity index (χ1v) is 6.27. The van der Waals surface area contributed by atoms with Crippen LogP contribution in [0.2, 0.25) is 0 Å². The van der Waals surface area contributed by atoms with Crippen LogP contribution in [0.25, 0.3) is 0 Å². The molecule has 0 spiro atoms. The van der Waals surface area contributed by atoms with Crippen molar-refractivity contribution < 1.29 is 27.3 Å². The van der Waals surface area contributed by atoms with Crippen molar-refractivity contribution in [2.24, 2.45) is 0 Å². The van der Waals surface area contributed by atoms with Gasteiger partial charge < -0.3 is 10.2 Å². The summed E-state index contributed by atoms with van der Waals surface area (Å²) in [6.07, 6.45) is 0. The quantitative estimate of drug-likeness (QED) is 0.459. The van der Waals surface area contributed by atoms with E-state index in [4.69, 9.17) is 10.2 Å². The maximum Gasteiger partial charge on any atom is 0.115 e. The molecular formula is C18H21FeO2P. The smallest absolute Gasteiger partial charge is 0.115 e. The van der Waals surface area contributed by atoms with Gasteiger partial charge in [-0.15, -0.1) is 0 Å². The molecule has 2 N–H and O–H groups in total. The van der Waals surface area contributed by atoms with Gasteiger partial charge in [0.1, 0.15) is 11.5 Å². The molecule has 3 rings (SSSR count). The molecule has 0 aromatic heterocycles. The Morgan fingerprint density at radius 1 is 0.409 bits per heavy atom. The molecule has 1 unspecified atom stereocenters. The maximum absolute atomic E-state index is 8.63. The van der Waals surface area contributed by atoms with Gasteiger partial charge in [-0.1, -0.05) is 72.8 Å². The first-order chi connectivity index (χ1) is 9.79. The molecule has 0 saturated carbocycles. The summed E-state index contributed by atoms with van der Waals surface area (Å²) in [5.41, 5.74) is 0. The predicted molar refractivity (Wildman–Crippen MR) is 93.8 cm³/mol. The Morgan fingerprint density at radius 2 is 0.591 bits per heavy atom. The van der Waals surface area contributed by atoms with Crippen molar-refractivity contribution in [2.75, 3.05) is 0 Å². The number of phenolic OH excluding ortho intramolecular Hbond substituents is 2. The van der Waals surface area contributed by atoms with E-state index in [1.54, 1.807) is 48.5 Å². The Kier molecular flexibility index (Phi) is 15.9. The van der Waals surface area contributed by atoms with E-state index >= 15 is 0 Å². The van der Waals surface area contributed by atoms with Gasteiger partial charge in [-0.2, -0.15) is 9.90 Å². The average molecular weight is 356 g/mol. The summed E-state index contributed by atoms with van der Waals surface area (Å²) in [7, 11) is 0. The van der Waals surface area contributed by atoms with Crippen LogP contribution in [0.5, 0.6) is 11.5 Å². The van der Waals surface area contributed by atoms with Crippen molar-refractivity contribution in [1.82, 2.24) is 0 Å². The van der Waals surface area contributed by atoms with E-state index in [1.165, 1.54) is 0 Å². The molecule has 22 heavy (non-hydrogen) atoms. The molecule has 0 aliphatic carbocycles. The summed E-state index contributed by atoms with van der Waals surface area (Å²) < 4.78 is 0. The van der Waals surface area contributed by atoms with Crippen molar-refractivity contribution in [1.29, 1.82) is 0 Å². The summed E-state index contributed by atoms with van der Waals surface area (Å²) in [5, 5.41) is 17.3. The fourth-order valence-corrected chi connectivity index (χ4v) is 1.24. The summed E-state index contributed by atoms with van der Waals surface area (Å²) >= 11 is 0. The van der Waals surface area contributed by atoms with Crippen LogP contribution in [0.1, 0.15) is 0 Å². The largest absolute Gasteiger partial charge is 0.508 e. The number of rotatable bonds is 0. The van der Waals surface area contributed by atoms with Crippen LogP contribution in [0, 0.1) is 0 Å². The van der Waals surface area contributed by atoms with E-state index in [0.29, 0.717) is 11.5 Å². The zero-order valence-corrected chi connectivity index (χ0v) is 14.7. The summed E-state index contributed by atoms with van der Waals surface area (Å²) in [5.74, 6) is 0.644. The van der Waals surface area contributed by atoms with Gasteiger partial charge in [0.05, 0.1) is 0 Å². The maximum atomic E-state index is 8.63. The van der Waals surface area contributed by atoms with Crippen LogP contribution in [0.3, 0.4) is 0 Å². The third-order valence-electron chi connectivity index (χ3n) is 2.18. The summed E-state index contributed by atoms with van der Waals surface area (Å²) in [6, 6.07) is 29.4. The van der Waals surface area contributed by atoms with Gasteiger partial charge in [0, 0.05) is 17.1 Å². The molecule has 3 aromatic rings. The minimum Gasteiger partial charge on any atom is -0.508 e. The standard InChI is InChI=1S/2C6H6O.C6H6.Fe.H3P/c2*7-6-4-2-1-3-5-6;1-2-4-6-5-3-1;;/h2*1-5,7H;1-6H;;1H3. The third-order valence-corrected chi connectivity index (χ3v) is 2.18. The third kappa shape index (κ3) is 13.2. The zero-order valence-electron chi connectivity index (χ0n) is 12.2. The van der Waals surface area contributed by atoms with Gasteiger partial charge in [0.2, 0.25) is 0 Å². The van der Waals surface area contributed by atoms with E-state index in [9.17, 15) is 0 Å². The molecule has 0 amide bonds. The Labute approximate surface area is 145 Å². The number of phenols is 2. The van der Waals surface area contributed by atoms with Crippen LogP contribution in [-0.4, -0.2) is 10.2 Å². The zero-order chi connectivity index (χ0) is 14.5. The minimum absolute atomic E-state index is 0. The van der Waals surface area contributed by atoms with Gasteiger partial charge in [0.25, 0.3) is 0 Å². The Balaban J connectivity index is 0. The molecular weight excluding hydrogens is 335 g/mol. The van der Waals surface area contributed by atoms with E-state index in [2.05, 4.69) is 0 Å². The molecule has 3 aromatic carbocycles. The van der Waals surface area contributed by atoms with Gasteiger partial charge in [-0.3, -0.25) is 0 Å². The van der Waals surface area contributed by atoms with E-state index in [1.807, 2.05) is 48.5 Å². The van der Waals surface area contributed by atoms with Gasteiger partial charge in [-0.25, -0.2) is 0 Å². The normalized spacial score (nSPS) is 7.64. The number of benzene rings is 3. The average Bonchev–Trinajstić information content (AvgIpc) is 2.52. The second-order valence-electron chi connectivity index (χ2n) is 3.83. The molecule has 0 aliphatic rings. The van der Waals surface area contributed by atoms with Crippen LogP contribution in [0.15, 0.2) is 97.1 Å². The number of hydrogen-bond acceptors (Lipinski definition) is 2. The SMILES string of the molecule is Oc1ccccc1.Oc1ccccc1.P.[Fe].c1ccccc1. The molecule has 2 nitrogen and oxygen atoms in total. The Morgan fingerprint density at radius 3 is 0.727 bits per heavy atom. The predicted octanol–water partition coefficient (Wildman–Crippen LogP) is 4.53. The molecule has 4 heteroatoms. The van der Waals surface area contributed by atoms with Crippen LogP contribution in [-0.2, 0) is 17.1 Å². The first-order valence-electron chi connectivity index (χ1n) is 6.27. The fraction of sp³-hybridized carbons (Fsp3) is 0. The van der Waals surface area contributed by atoms with Crippen molar-refractivity contribution in [3.63, 3.8) is 0 Å². The van der Waals surface area contributed by atoms with E-state index < -0.39 is 0 Å². The number of hydrogen-bond donors (Lipinski definition) is 2. The second-order valence-corrected chi connectivity index (χ2v) is 3.83. The van der Waals surface area contributed by atoms with Crippen molar-refractivity contribution >= 4 is 9.90 Å². The molecule has 0 saturated heterocycles. The Bertz CT molecular complexity index is 484. The molecule has 0 fully saturated rings. The van der Waals surface area contributed by atoms with Crippen molar-refractivity contribution in [3.05, 3.63) is 97.1 Å². The van der Waals surface area contributed by atoms with E-state index in [0.717, 1.165) is 0 Å². The second kappa shape index (κ2) is 15.6. The Hall–Kier alpha value is -1.79. The van der Waals surface area contributed by atoms with Crippen LogP contribution in [0.4, 0.5) is 0 Å². The van der Waals surface area contributed by atoms with Gasteiger partial charge >= 0.3 is 0 Å². The van der Waals surface area contributed by atoms with Crippen LogP contribution >= 0.6 is 9.90 Å². The number of aromatic hydroxyl groups is 2. The molecule has 0 bridgehead atoms. The van der Waals surface area contributed by atoms with Crippen molar-refractivity contribution in [2.45, 2.75) is 0 Å². The monoisotopic (exact) mass is 356 g/mol. The van der Waals surface area contributed by atoms with Gasteiger partial charge in [-0.05, 0) is 24.3 Å².